The molecule has 84 valence electrons. The van der Waals surface area contributed by atoms with E-state index in [2.05, 4.69) is 16.8 Å². The summed E-state index contributed by atoms with van der Waals surface area (Å²) < 4.78 is 13.4. The van der Waals surface area contributed by atoms with Crippen LogP contribution in [-0.2, 0) is 0 Å². The van der Waals surface area contributed by atoms with Gasteiger partial charge in [0.25, 0.3) is 0 Å². The number of halogens is 2. The molecule has 2 aromatic rings. The monoisotopic (exact) mass is 246 g/mol. The van der Waals surface area contributed by atoms with Gasteiger partial charge >= 0.3 is 0 Å². The number of benzene rings is 1. The van der Waals surface area contributed by atoms with Crippen LogP contribution in [-0.4, -0.2) is 4.98 Å². The molecule has 0 radical (unpaired) electrons. The highest BCUT2D eigenvalue weighted by Gasteiger charge is 2.00. The van der Waals surface area contributed by atoms with Gasteiger partial charge in [-0.15, -0.1) is 0 Å². The summed E-state index contributed by atoms with van der Waals surface area (Å²) in [6.07, 6.45) is 1.30. The van der Waals surface area contributed by atoms with Crippen molar-refractivity contribution < 1.29 is 4.39 Å². The van der Waals surface area contributed by atoms with E-state index in [0.29, 0.717) is 5.69 Å². The molecule has 1 aromatic heterocycles. The molecule has 17 heavy (non-hydrogen) atoms. The van der Waals surface area contributed by atoms with Gasteiger partial charge in [0, 0.05) is 23.5 Å². The Morgan fingerprint density at radius 3 is 2.76 bits per heavy atom. The number of anilines is 1. The zero-order chi connectivity index (χ0) is 12.3. The summed E-state index contributed by atoms with van der Waals surface area (Å²) in [5.74, 6) is 5.01. The summed E-state index contributed by atoms with van der Waals surface area (Å²) in [5.41, 5.74) is 7.15. The van der Waals surface area contributed by atoms with Crippen molar-refractivity contribution in [1.82, 2.24) is 4.98 Å². The molecule has 0 aliphatic heterocycles. The molecule has 0 amide bonds. The molecule has 0 atom stereocenters. The normalized spacial score (nSPS) is 9.53. The van der Waals surface area contributed by atoms with Crippen LogP contribution >= 0.6 is 11.6 Å². The van der Waals surface area contributed by atoms with Gasteiger partial charge in [-0.25, -0.2) is 9.37 Å². The molecule has 0 aliphatic rings. The van der Waals surface area contributed by atoms with Crippen molar-refractivity contribution in [1.29, 1.82) is 0 Å². The summed E-state index contributed by atoms with van der Waals surface area (Å²) in [5, 5.41) is 0.108. The molecule has 2 nitrogen and oxygen atoms in total. The molecule has 4 heteroatoms. The molecule has 0 bridgehead atoms. The molecule has 1 aromatic carbocycles. The van der Waals surface area contributed by atoms with Gasteiger partial charge in [0.15, 0.2) is 0 Å². The Morgan fingerprint density at radius 2 is 2.06 bits per heavy atom. The van der Waals surface area contributed by atoms with Gasteiger partial charge in [-0.05, 0) is 18.2 Å². The van der Waals surface area contributed by atoms with Crippen molar-refractivity contribution >= 4 is 17.3 Å². The first-order valence-electron chi connectivity index (χ1n) is 4.84. The highest BCUT2D eigenvalue weighted by Crippen LogP contribution is 2.11. The van der Waals surface area contributed by atoms with Gasteiger partial charge in [0.05, 0.1) is 5.56 Å². The van der Waals surface area contributed by atoms with E-state index in [1.54, 1.807) is 24.3 Å². The van der Waals surface area contributed by atoms with Crippen LogP contribution in [0.4, 0.5) is 10.1 Å². The number of aromatic nitrogens is 1. The first-order valence-corrected chi connectivity index (χ1v) is 5.21. The second-order valence-electron chi connectivity index (χ2n) is 3.36. The van der Waals surface area contributed by atoms with Crippen LogP contribution in [0.1, 0.15) is 11.1 Å². The maximum Gasteiger partial charge on any atom is 0.143 e. The maximum absolute atomic E-state index is 13.4. The Morgan fingerprint density at radius 1 is 1.24 bits per heavy atom. The lowest BCUT2D eigenvalue weighted by molar-refractivity contribution is 0.622. The fourth-order valence-electron chi connectivity index (χ4n) is 1.26. The van der Waals surface area contributed by atoms with E-state index < -0.39 is 5.82 Å². The van der Waals surface area contributed by atoms with Crippen molar-refractivity contribution in [3.05, 3.63) is 58.6 Å². The summed E-state index contributed by atoms with van der Waals surface area (Å²) in [4.78, 5) is 3.77. The second kappa shape index (κ2) is 4.86. The number of nitrogens with two attached hydrogens (primary N) is 1. The van der Waals surface area contributed by atoms with Gasteiger partial charge in [0.2, 0.25) is 0 Å². The van der Waals surface area contributed by atoms with Crippen LogP contribution in [0.5, 0.6) is 0 Å². The molecular formula is C13H8ClFN2. The molecule has 0 saturated carbocycles. The molecule has 0 spiro atoms. The number of hydrogen-bond donors (Lipinski definition) is 1. The first kappa shape index (κ1) is 11.4. The van der Waals surface area contributed by atoms with Crippen molar-refractivity contribution in [3.63, 3.8) is 0 Å². The predicted octanol–water partition coefficient (Wildman–Crippen LogP) is 2.86. The molecule has 2 N–H and O–H groups in total. The van der Waals surface area contributed by atoms with Gasteiger partial charge < -0.3 is 5.73 Å². The van der Waals surface area contributed by atoms with Gasteiger partial charge in [-0.1, -0.05) is 29.5 Å². The summed E-state index contributed by atoms with van der Waals surface area (Å²) >= 11 is 5.54. The lowest BCUT2D eigenvalue weighted by Gasteiger charge is -1.95. The summed E-state index contributed by atoms with van der Waals surface area (Å²) in [6.45, 7) is 0. The predicted molar refractivity (Wildman–Crippen MR) is 66.0 cm³/mol. The smallest absolute Gasteiger partial charge is 0.143 e. The largest absolute Gasteiger partial charge is 0.399 e. The number of rotatable bonds is 0. The highest BCUT2D eigenvalue weighted by atomic mass is 35.5. The molecule has 0 fully saturated rings. The van der Waals surface area contributed by atoms with E-state index in [0.717, 1.165) is 11.6 Å². The molecular weight excluding hydrogens is 239 g/mol. The van der Waals surface area contributed by atoms with Gasteiger partial charge in [0.1, 0.15) is 11.0 Å². The summed E-state index contributed by atoms with van der Waals surface area (Å²) in [6, 6.07) is 8.19. The van der Waals surface area contributed by atoms with E-state index in [9.17, 15) is 4.39 Å². The van der Waals surface area contributed by atoms with Crippen molar-refractivity contribution in [3.8, 4) is 11.8 Å². The molecule has 0 unspecified atom stereocenters. The van der Waals surface area contributed by atoms with Crippen LogP contribution < -0.4 is 5.73 Å². The van der Waals surface area contributed by atoms with Crippen LogP contribution in [0.3, 0.4) is 0 Å². The quantitative estimate of drug-likeness (QED) is 0.441. The minimum absolute atomic E-state index is 0.108. The third kappa shape index (κ3) is 2.96. The third-order valence-electron chi connectivity index (χ3n) is 2.05. The van der Waals surface area contributed by atoms with E-state index in [-0.39, 0.29) is 10.7 Å². The zero-order valence-electron chi connectivity index (χ0n) is 8.74. The average molecular weight is 247 g/mol. The number of hydrogen-bond acceptors (Lipinski definition) is 2. The minimum atomic E-state index is -0.485. The maximum atomic E-state index is 13.4. The van der Waals surface area contributed by atoms with Crippen LogP contribution in [0.25, 0.3) is 0 Å². The van der Waals surface area contributed by atoms with Crippen LogP contribution in [0.15, 0.2) is 36.5 Å². The van der Waals surface area contributed by atoms with Crippen LogP contribution in [0, 0.1) is 17.7 Å². The van der Waals surface area contributed by atoms with Crippen molar-refractivity contribution in [2.45, 2.75) is 0 Å². The van der Waals surface area contributed by atoms with E-state index >= 15 is 0 Å². The minimum Gasteiger partial charge on any atom is -0.399 e. The lowest BCUT2D eigenvalue weighted by atomic mass is 10.2. The third-order valence-corrected chi connectivity index (χ3v) is 2.25. The SMILES string of the molecule is Nc1cccc(C#Cc2cnc(Cl)cc2F)c1. The lowest BCUT2D eigenvalue weighted by Crippen LogP contribution is -1.87. The van der Waals surface area contributed by atoms with Crippen molar-refractivity contribution in [2.24, 2.45) is 0 Å². The Hall–Kier alpha value is -2.05. The Bertz CT molecular complexity index is 614. The number of pyridine rings is 1. The molecule has 0 aliphatic carbocycles. The summed E-state index contributed by atoms with van der Waals surface area (Å²) in [7, 11) is 0. The molecule has 0 saturated heterocycles. The zero-order valence-corrected chi connectivity index (χ0v) is 9.50. The fraction of sp³-hybridized carbons (Fsp3) is 0. The van der Waals surface area contributed by atoms with E-state index in [1.807, 2.05) is 0 Å². The van der Waals surface area contributed by atoms with Crippen LogP contribution in [0.2, 0.25) is 5.15 Å². The molecule has 1 heterocycles. The Balaban J connectivity index is 2.33. The van der Waals surface area contributed by atoms with Crippen molar-refractivity contribution in [2.75, 3.05) is 5.73 Å². The van der Waals surface area contributed by atoms with E-state index in [1.165, 1.54) is 6.20 Å². The van der Waals surface area contributed by atoms with E-state index in [4.69, 9.17) is 17.3 Å². The highest BCUT2D eigenvalue weighted by molar-refractivity contribution is 6.29. The van der Waals surface area contributed by atoms with Gasteiger partial charge in [-0.3, -0.25) is 0 Å². The topological polar surface area (TPSA) is 38.9 Å². The number of nitrogen functional groups attached to an aromatic ring is 1. The average Bonchev–Trinajstić information content (AvgIpc) is 2.28. The second-order valence-corrected chi connectivity index (χ2v) is 3.75. The fourth-order valence-corrected chi connectivity index (χ4v) is 1.40. The first-order chi connectivity index (χ1) is 8.15. The number of nitrogens with zero attached hydrogens (tertiary/aromatic N) is 1. The Labute approximate surface area is 103 Å². The standard InChI is InChI=1S/C13H8ClFN2/c14-13-7-12(15)10(8-17-13)5-4-9-2-1-3-11(16)6-9/h1-3,6-8H,16H2. The van der Waals surface area contributed by atoms with Gasteiger partial charge in [-0.2, -0.15) is 0 Å². The molecule has 2 rings (SSSR count). The Kier molecular flexibility index (Phi) is 3.27.